The number of esters is 1. The number of carbonyl (C=O) groups excluding carboxylic acids is 1. The van der Waals surface area contributed by atoms with Gasteiger partial charge in [-0.05, 0) is 23.2 Å². The van der Waals surface area contributed by atoms with Gasteiger partial charge in [0.1, 0.15) is 6.10 Å². The molecule has 1 N–H and O–H groups in total. The van der Waals surface area contributed by atoms with Crippen LogP contribution in [0.1, 0.15) is 10.4 Å². The molecule has 0 unspecified atom stereocenters. The average Bonchev–Trinajstić information content (AvgIpc) is 2.50. The van der Waals surface area contributed by atoms with E-state index in [0.717, 1.165) is 0 Å². The fourth-order valence-corrected chi connectivity index (χ4v) is 1.43. The molecule has 0 aliphatic carbocycles. The van der Waals surface area contributed by atoms with Crippen molar-refractivity contribution < 1.29 is 14.6 Å². The average molecular weight is 276 g/mol. The topological polar surface area (TPSA) is 144 Å². The van der Waals surface area contributed by atoms with E-state index in [1.54, 1.807) is 30.3 Å². The third kappa shape index (κ3) is 4.51. The second kappa shape index (κ2) is 8.39. The molecule has 0 aliphatic rings. The molecule has 9 nitrogen and oxygen atoms in total. The Kier molecular flexibility index (Phi) is 6.43. The molecule has 0 heterocycles. The van der Waals surface area contributed by atoms with Crippen molar-refractivity contribution in [3.05, 3.63) is 56.8 Å². The number of nitrogens with zero attached hydrogens (tertiary/aromatic N) is 6. The maximum atomic E-state index is 11.9. The second-order valence-electron chi connectivity index (χ2n) is 3.68. The highest BCUT2D eigenvalue weighted by molar-refractivity contribution is 5.89. The van der Waals surface area contributed by atoms with Gasteiger partial charge < -0.3 is 9.84 Å². The van der Waals surface area contributed by atoms with E-state index in [1.165, 1.54) is 0 Å². The van der Waals surface area contributed by atoms with Gasteiger partial charge in [-0.15, -0.1) is 0 Å². The minimum Gasteiger partial charge on any atom is -0.458 e. The van der Waals surface area contributed by atoms with E-state index in [1.807, 2.05) is 0 Å². The van der Waals surface area contributed by atoms with E-state index in [0.29, 0.717) is 5.56 Å². The first-order valence-corrected chi connectivity index (χ1v) is 5.65. The van der Waals surface area contributed by atoms with Crippen molar-refractivity contribution in [2.75, 3.05) is 13.2 Å². The summed E-state index contributed by atoms with van der Waals surface area (Å²) in [6.45, 7) is -0.767. The third-order valence-corrected chi connectivity index (χ3v) is 2.41. The minimum absolute atomic E-state index is 0.237. The Hall–Kier alpha value is -2.73. The van der Waals surface area contributed by atoms with E-state index in [2.05, 4.69) is 20.1 Å². The maximum absolute atomic E-state index is 11.9. The summed E-state index contributed by atoms with van der Waals surface area (Å²) in [5.41, 5.74) is 17.0. The van der Waals surface area contributed by atoms with E-state index in [-0.39, 0.29) is 6.54 Å². The highest BCUT2D eigenvalue weighted by Gasteiger charge is 2.24. The molecule has 1 aromatic rings. The van der Waals surface area contributed by atoms with Crippen molar-refractivity contribution >= 4 is 5.97 Å². The first kappa shape index (κ1) is 15.3. The van der Waals surface area contributed by atoms with Gasteiger partial charge in [0.05, 0.1) is 24.8 Å². The van der Waals surface area contributed by atoms with Gasteiger partial charge in [0.15, 0.2) is 0 Å². The molecule has 104 valence electrons. The van der Waals surface area contributed by atoms with Gasteiger partial charge >= 0.3 is 5.97 Å². The van der Waals surface area contributed by atoms with Gasteiger partial charge in [-0.3, -0.25) is 0 Å². The Bertz CT molecular complexity index is 536. The second-order valence-corrected chi connectivity index (χ2v) is 3.68. The number of rotatable bonds is 7. The van der Waals surface area contributed by atoms with Crippen LogP contribution in [0.3, 0.4) is 0 Å². The van der Waals surface area contributed by atoms with Crippen LogP contribution in [0.4, 0.5) is 0 Å². The van der Waals surface area contributed by atoms with Crippen molar-refractivity contribution in [3.8, 4) is 0 Å². The molecule has 0 aliphatic heterocycles. The summed E-state index contributed by atoms with van der Waals surface area (Å²) >= 11 is 0. The van der Waals surface area contributed by atoms with E-state index in [9.17, 15) is 4.79 Å². The summed E-state index contributed by atoms with van der Waals surface area (Å²) in [5, 5.41) is 15.7. The fourth-order valence-electron chi connectivity index (χ4n) is 1.43. The summed E-state index contributed by atoms with van der Waals surface area (Å²) < 4.78 is 5.12. The molecule has 0 bridgehead atoms. The Morgan fingerprint density at radius 1 is 1.30 bits per heavy atom. The van der Waals surface area contributed by atoms with Crippen LogP contribution in [0.15, 0.2) is 40.6 Å². The van der Waals surface area contributed by atoms with Crippen LogP contribution in [-0.4, -0.2) is 36.4 Å². The molecule has 9 heteroatoms. The molecule has 1 rings (SSSR count). The molecule has 0 saturated carbocycles. The predicted molar refractivity (Wildman–Crippen MR) is 69.7 cm³/mol. The van der Waals surface area contributed by atoms with Gasteiger partial charge in [0.25, 0.3) is 0 Å². The number of aliphatic hydroxyl groups excluding tert-OH is 1. The molecule has 0 fully saturated rings. The molecule has 0 saturated heterocycles. The molecular formula is C11H12N6O3. The first-order valence-electron chi connectivity index (χ1n) is 5.65. The Labute approximate surface area is 114 Å². The lowest BCUT2D eigenvalue weighted by Crippen LogP contribution is -2.35. The lowest BCUT2D eigenvalue weighted by molar-refractivity contribution is 0.0208. The summed E-state index contributed by atoms with van der Waals surface area (Å²) in [6.07, 6.45) is -1.03. The molecule has 0 aromatic heterocycles. The van der Waals surface area contributed by atoms with Gasteiger partial charge in [0.2, 0.25) is 0 Å². The fraction of sp³-hybridized carbons (Fsp3) is 0.364. The van der Waals surface area contributed by atoms with Crippen molar-refractivity contribution in [1.82, 2.24) is 0 Å². The third-order valence-electron chi connectivity index (χ3n) is 2.41. The summed E-state index contributed by atoms with van der Waals surface area (Å²) in [5.74, 6) is -0.657. The molecule has 0 amide bonds. The highest BCUT2D eigenvalue weighted by Crippen LogP contribution is 2.10. The van der Waals surface area contributed by atoms with Crippen LogP contribution < -0.4 is 0 Å². The number of hydrogen-bond acceptors (Lipinski definition) is 5. The zero-order valence-corrected chi connectivity index (χ0v) is 10.4. The van der Waals surface area contributed by atoms with Crippen LogP contribution in [0.5, 0.6) is 0 Å². The molecule has 1 aromatic carbocycles. The predicted octanol–water partition coefficient (Wildman–Crippen LogP) is 2.19. The van der Waals surface area contributed by atoms with Crippen molar-refractivity contribution in [2.45, 2.75) is 12.1 Å². The van der Waals surface area contributed by atoms with Crippen LogP contribution in [0.25, 0.3) is 20.9 Å². The quantitative estimate of drug-likeness (QED) is 0.352. The minimum atomic E-state index is -1.03. The standard InChI is InChI=1S/C11H12N6O3/c12-16-14-6-10(9(7-18)15-17-13)20-11(19)8-4-2-1-3-5-8/h1-5,9-10,18H,6-7H2/t9-,10+/m1/s1. The lowest BCUT2D eigenvalue weighted by Gasteiger charge is -2.20. The molecule has 2 atom stereocenters. The van der Waals surface area contributed by atoms with Crippen molar-refractivity contribution in [1.29, 1.82) is 0 Å². The summed E-state index contributed by atoms with van der Waals surface area (Å²) in [7, 11) is 0. The van der Waals surface area contributed by atoms with Crippen molar-refractivity contribution in [2.24, 2.45) is 10.2 Å². The van der Waals surface area contributed by atoms with Crippen molar-refractivity contribution in [3.63, 3.8) is 0 Å². The molecule has 0 radical (unpaired) electrons. The number of benzene rings is 1. The van der Waals surface area contributed by atoms with Crippen LogP contribution in [0.2, 0.25) is 0 Å². The van der Waals surface area contributed by atoms with E-state index >= 15 is 0 Å². The number of hydrogen-bond donors (Lipinski definition) is 1. The van der Waals surface area contributed by atoms with Crippen LogP contribution >= 0.6 is 0 Å². The zero-order chi connectivity index (χ0) is 14.8. The number of azide groups is 2. The Morgan fingerprint density at radius 2 is 2.00 bits per heavy atom. The van der Waals surface area contributed by atoms with E-state index in [4.69, 9.17) is 20.9 Å². The van der Waals surface area contributed by atoms with Gasteiger partial charge in [0, 0.05) is 9.82 Å². The largest absolute Gasteiger partial charge is 0.458 e. The lowest BCUT2D eigenvalue weighted by atomic mass is 10.1. The molecular weight excluding hydrogens is 264 g/mol. The van der Waals surface area contributed by atoms with Gasteiger partial charge in [-0.1, -0.05) is 28.4 Å². The Balaban J connectivity index is 2.86. The zero-order valence-electron chi connectivity index (χ0n) is 10.4. The maximum Gasteiger partial charge on any atom is 0.338 e. The smallest absolute Gasteiger partial charge is 0.338 e. The normalized spacial score (nSPS) is 12.4. The monoisotopic (exact) mass is 276 g/mol. The van der Waals surface area contributed by atoms with Gasteiger partial charge in [-0.25, -0.2) is 4.79 Å². The number of carbonyl (C=O) groups is 1. The van der Waals surface area contributed by atoms with E-state index < -0.39 is 24.7 Å². The van der Waals surface area contributed by atoms with Gasteiger partial charge in [-0.2, -0.15) is 0 Å². The summed E-state index contributed by atoms with van der Waals surface area (Å²) in [6, 6.07) is 7.15. The number of aliphatic hydroxyl groups is 1. The first-order chi connectivity index (χ1) is 9.72. The highest BCUT2D eigenvalue weighted by atomic mass is 16.5. The van der Waals surface area contributed by atoms with Crippen LogP contribution in [-0.2, 0) is 4.74 Å². The SMILES string of the molecule is [N-]=[N+]=NC[C@H](OC(=O)c1ccccc1)[C@@H](CO)N=[N+]=[N-]. The summed E-state index contributed by atoms with van der Waals surface area (Å²) in [4.78, 5) is 17.0. The molecule has 0 spiro atoms. The Morgan fingerprint density at radius 3 is 2.55 bits per heavy atom. The molecule has 20 heavy (non-hydrogen) atoms. The number of ether oxygens (including phenoxy) is 1. The van der Waals surface area contributed by atoms with Crippen LogP contribution in [0, 0.1) is 0 Å².